The number of carbonyl (C=O) groups excluding carboxylic acids is 1. The highest BCUT2D eigenvalue weighted by Gasteiger charge is 2.22. The second-order valence-electron chi connectivity index (χ2n) is 5.11. The molecule has 0 saturated carbocycles. The Labute approximate surface area is 140 Å². The van der Waals surface area contributed by atoms with Crippen LogP contribution in [0, 0.1) is 0 Å². The minimum atomic E-state index is -3.81. The van der Waals surface area contributed by atoms with E-state index in [2.05, 4.69) is 9.46 Å². The van der Waals surface area contributed by atoms with Gasteiger partial charge in [-0.15, -0.1) is 0 Å². The van der Waals surface area contributed by atoms with Crippen molar-refractivity contribution in [2.75, 3.05) is 18.8 Å². The number of rotatable bonds is 9. The first-order valence-corrected chi connectivity index (χ1v) is 9.16. The number of benzene rings is 1. The molecule has 0 aliphatic carbocycles. The van der Waals surface area contributed by atoms with Gasteiger partial charge < -0.3 is 9.64 Å². The summed E-state index contributed by atoms with van der Waals surface area (Å²) in [5, 5.41) is 0. The molecule has 1 aromatic rings. The fourth-order valence-electron chi connectivity index (χ4n) is 2.15. The van der Waals surface area contributed by atoms with Crippen molar-refractivity contribution in [1.29, 1.82) is 0 Å². The number of amides is 1. The van der Waals surface area contributed by atoms with E-state index in [0.29, 0.717) is 18.7 Å². The lowest BCUT2D eigenvalue weighted by atomic mass is 10.1. The van der Waals surface area contributed by atoms with Gasteiger partial charge in [-0.3, -0.25) is 4.79 Å². The average molecular weight is 364 g/mol. The Morgan fingerprint density at radius 3 is 2.21 bits per heavy atom. The lowest BCUT2D eigenvalue weighted by molar-refractivity contribution is -0.128. The van der Waals surface area contributed by atoms with Gasteiger partial charge in [0.15, 0.2) is 0 Å². The van der Waals surface area contributed by atoms with Gasteiger partial charge in [-0.05, 0) is 38.5 Å². The highest BCUT2D eigenvalue weighted by molar-refractivity contribution is 7.90. The first-order valence-electron chi connectivity index (χ1n) is 7.51. The molecule has 0 aromatic heterocycles. The highest BCUT2D eigenvalue weighted by atomic mass is 32.2. The van der Waals surface area contributed by atoms with Crippen LogP contribution in [0.1, 0.15) is 32.4 Å². The maximum atomic E-state index is 12.1. The maximum absolute atomic E-state index is 12.1. The first kappa shape index (κ1) is 20.3. The van der Waals surface area contributed by atoms with E-state index in [4.69, 9.17) is 0 Å². The van der Waals surface area contributed by atoms with E-state index in [1.165, 1.54) is 29.2 Å². The molecule has 0 heterocycles. The van der Waals surface area contributed by atoms with Crippen molar-refractivity contribution in [3.8, 4) is 5.75 Å². The zero-order valence-corrected chi connectivity index (χ0v) is 14.6. The summed E-state index contributed by atoms with van der Waals surface area (Å²) in [5.41, 5.74) is 0.565. The summed E-state index contributed by atoms with van der Waals surface area (Å²) in [6.07, 6.45) is 0. The van der Waals surface area contributed by atoms with E-state index in [0.717, 1.165) is 0 Å². The third-order valence-electron chi connectivity index (χ3n) is 3.39. The average Bonchev–Trinajstić information content (AvgIpc) is 2.47. The van der Waals surface area contributed by atoms with Crippen LogP contribution >= 0.6 is 0 Å². The van der Waals surface area contributed by atoms with Gasteiger partial charge in [0.2, 0.25) is 15.9 Å². The van der Waals surface area contributed by atoms with Gasteiger partial charge in [0.1, 0.15) is 11.5 Å². The summed E-state index contributed by atoms with van der Waals surface area (Å²) < 4.78 is 55.0. The lowest BCUT2D eigenvalue weighted by Gasteiger charge is -2.20. The third-order valence-corrected chi connectivity index (χ3v) is 4.73. The van der Waals surface area contributed by atoms with E-state index in [9.17, 15) is 22.0 Å². The van der Waals surface area contributed by atoms with Crippen LogP contribution in [0.3, 0.4) is 0 Å². The van der Waals surface area contributed by atoms with Crippen molar-refractivity contribution < 1.29 is 26.7 Å². The van der Waals surface area contributed by atoms with Gasteiger partial charge in [-0.25, -0.2) is 13.1 Å². The molecule has 1 aromatic carbocycles. The van der Waals surface area contributed by atoms with Crippen LogP contribution < -0.4 is 9.46 Å². The molecule has 1 N–H and O–H groups in total. The number of sulfonamides is 1. The number of nitrogens with zero attached hydrogens (tertiary/aromatic N) is 1. The fourth-order valence-corrected chi connectivity index (χ4v) is 3.41. The smallest absolute Gasteiger partial charge is 0.387 e. The van der Waals surface area contributed by atoms with Crippen LogP contribution in [-0.2, 0) is 14.8 Å². The van der Waals surface area contributed by atoms with Crippen molar-refractivity contribution in [3.63, 3.8) is 0 Å². The fraction of sp³-hybridized carbons (Fsp3) is 0.533. The SMILES string of the molecule is CCN(CC)C(=O)CS(=O)(=O)N[C@@H](C)c1ccc(OC(F)F)cc1. The third kappa shape index (κ3) is 6.40. The monoisotopic (exact) mass is 364 g/mol. The molecule has 0 saturated heterocycles. The molecular weight excluding hydrogens is 342 g/mol. The van der Waals surface area contributed by atoms with Crippen LogP contribution in [0.25, 0.3) is 0 Å². The number of hydrogen-bond donors (Lipinski definition) is 1. The second-order valence-corrected chi connectivity index (χ2v) is 6.87. The van der Waals surface area contributed by atoms with Crippen LogP contribution in [0.5, 0.6) is 5.75 Å². The predicted octanol–water partition coefficient (Wildman–Crippen LogP) is 2.14. The molecule has 9 heteroatoms. The highest BCUT2D eigenvalue weighted by Crippen LogP contribution is 2.19. The Kier molecular flexibility index (Phi) is 7.56. The van der Waals surface area contributed by atoms with Gasteiger partial charge in [0, 0.05) is 19.1 Å². The van der Waals surface area contributed by atoms with Gasteiger partial charge in [0.05, 0.1) is 0 Å². The zero-order chi connectivity index (χ0) is 18.3. The molecule has 6 nitrogen and oxygen atoms in total. The van der Waals surface area contributed by atoms with Crippen molar-refractivity contribution in [1.82, 2.24) is 9.62 Å². The van der Waals surface area contributed by atoms with Crippen LogP contribution in [0.4, 0.5) is 8.78 Å². The van der Waals surface area contributed by atoms with Gasteiger partial charge in [-0.1, -0.05) is 12.1 Å². The molecule has 0 spiro atoms. The Bertz CT molecular complexity index is 631. The van der Waals surface area contributed by atoms with Gasteiger partial charge >= 0.3 is 6.61 Å². The molecule has 0 aliphatic rings. The largest absolute Gasteiger partial charge is 0.435 e. The molecule has 1 amide bonds. The predicted molar refractivity (Wildman–Crippen MR) is 86.3 cm³/mol. The topological polar surface area (TPSA) is 75.7 Å². The van der Waals surface area contributed by atoms with E-state index in [1.807, 2.05) is 0 Å². The second kappa shape index (κ2) is 8.93. The number of alkyl halides is 2. The van der Waals surface area contributed by atoms with Crippen LogP contribution in [0.2, 0.25) is 0 Å². The molecule has 0 radical (unpaired) electrons. The van der Waals surface area contributed by atoms with Crippen molar-refractivity contribution in [3.05, 3.63) is 29.8 Å². The van der Waals surface area contributed by atoms with E-state index < -0.39 is 34.3 Å². The molecule has 0 fully saturated rings. The summed E-state index contributed by atoms with van der Waals surface area (Å²) >= 11 is 0. The quantitative estimate of drug-likeness (QED) is 0.728. The number of carbonyl (C=O) groups is 1. The first-order chi connectivity index (χ1) is 11.2. The number of ether oxygens (including phenoxy) is 1. The van der Waals surface area contributed by atoms with Crippen molar-refractivity contribution >= 4 is 15.9 Å². The maximum Gasteiger partial charge on any atom is 0.387 e. The standard InChI is InChI=1S/C15H22F2N2O4S/c1-4-19(5-2)14(20)10-24(21,22)18-11(3)12-6-8-13(9-7-12)23-15(16)17/h6-9,11,15,18H,4-5,10H2,1-3H3/t11-/m0/s1. The molecule has 0 unspecified atom stereocenters. The lowest BCUT2D eigenvalue weighted by Crippen LogP contribution is -2.40. The molecular formula is C15H22F2N2O4S. The van der Waals surface area contributed by atoms with Gasteiger partial charge in [0.25, 0.3) is 0 Å². The normalized spacial score (nSPS) is 12.9. The summed E-state index contributed by atoms with van der Waals surface area (Å²) in [6.45, 7) is 3.10. The Hall–Kier alpha value is -1.74. The summed E-state index contributed by atoms with van der Waals surface area (Å²) in [4.78, 5) is 13.3. The molecule has 0 bridgehead atoms. The Morgan fingerprint density at radius 1 is 1.21 bits per heavy atom. The molecule has 24 heavy (non-hydrogen) atoms. The van der Waals surface area contributed by atoms with E-state index >= 15 is 0 Å². The van der Waals surface area contributed by atoms with E-state index in [1.54, 1.807) is 20.8 Å². The number of nitrogens with one attached hydrogen (secondary N) is 1. The molecule has 1 atom stereocenters. The number of hydrogen-bond acceptors (Lipinski definition) is 4. The van der Waals surface area contributed by atoms with Crippen LogP contribution in [0.15, 0.2) is 24.3 Å². The molecule has 0 aliphatic heterocycles. The van der Waals surface area contributed by atoms with Crippen LogP contribution in [-0.4, -0.2) is 44.7 Å². The van der Waals surface area contributed by atoms with E-state index in [-0.39, 0.29) is 5.75 Å². The molecule has 136 valence electrons. The Morgan fingerprint density at radius 2 is 1.75 bits per heavy atom. The minimum Gasteiger partial charge on any atom is -0.435 e. The van der Waals surface area contributed by atoms with Crippen molar-refractivity contribution in [2.45, 2.75) is 33.4 Å². The summed E-state index contributed by atoms with van der Waals surface area (Å²) in [7, 11) is -3.81. The van der Waals surface area contributed by atoms with Crippen molar-refractivity contribution in [2.24, 2.45) is 0 Å². The summed E-state index contributed by atoms with van der Waals surface area (Å²) in [6, 6.07) is 5.01. The zero-order valence-electron chi connectivity index (χ0n) is 13.8. The number of halogens is 2. The Balaban J connectivity index is 2.71. The molecule has 1 rings (SSSR count). The van der Waals surface area contributed by atoms with Gasteiger partial charge in [-0.2, -0.15) is 8.78 Å². The minimum absolute atomic E-state index is 0.0134. The summed E-state index contributed by atoms with van der Waals surface area (Å²) in [5.74, 6) is -1.12.